The third-order valence-corrected chi connectivity index (χ3v) is 2.05. The van der Waals surface area contributed by atoms with Crippen LogP contribution in [0.5, 0.6) is 0 Å². The van der Waals surface area contributed by atoms with Gasteiger partial charge >= 0.3 is 5.97 Å². The Balaban J connectivity index is 4.87. The van der Waals surface area contributed by atoms with Crippen molar-refractivity contribution in [1.82, 2.24) is 0 Å². The number of carbonyl (C=O) groups excluding carboxylic acids is 1. The number of esters is 1. The van der Waals surface area contributed by atoms with E-state index in [1.165, 1.54) is 0 Å². The summed E-state index contributed by atoms with van der Waals surface area (Å²) in [5, 5.41) is 8.94. The first kappa shape index (κ1) is 13.7. The first-order valence-electron chi connectivity index (χ1n) is 5.50. The van der Waals surface area contributed by atoms with Crippen molar-refractivity contribution in [2.24, 2.45) is 0 Å². The van der Waals surface area contributed by atoms with E-state index in [0.717, 1.165) is 31.3 Å². The van der Waals surface area contributed by atoms with Crippen LogP contribution in [0.3, 0.4) is 0 Å². The zero-order valence-corrected chi connectivity index (χ0v) is 9.80. The summed E-state index contributed by atoms with van der Waals surface area (Å²) >= 11 is 0. The zero-order valence-electron chi connectivity index (χ0n) is 9.80. The van der Waals surface area contributed by atoms with Gasteiger partial charge in [0.2, 0.25) is 0 Å². The quantitative estimate of drug-likeness (QED) is 0.384. The highest BCUT2D eigenvalue weighted by Gasteiger charge is 2.15. The van der Waals surface area contributed by atoms with Gasteiger partial charge in [-0.25, -0.2) is 4.79 Å². The lowest BCUT2D eigenvalue weighted by Crippen LogP contribution is -2.09. The van der Waals surface area contributed by atoms with E-state index in [1.54, 1.807) is 6.92 Å². The normalized spacial score (nSPS) is 9.20. The molecule has 0 rings (SSSR count). The van der Waals surface area contributed by atoms with Gasteiger partial charge in [0.1, 0.15) is 11.6 Å². The molecular formula is C12H19NO2. The number of nitrogens with zero attached hydrogens (tertiary/aromatic N) is 1. The maximum Gasteiger partial charge on any atom is 0.348 e. The SMILES string of the molecule is CCCC(CCC)=C(C#N)C(=O)OCC. The molecule has 0 unspecified atom stereocenters. The molecule has 0 aliphatic carbocycles. The summed E-state index contributed by atoms with van der Waals surface area (Å²) < 4.78 is 4.85. The summed E-state index contributed by atoms with van der Waals surface area (Å²) in [4.78, 5) is 11.5. The fourth-order valence-corrected chi connectivity index (χ4v) is 1.45. The fraction of sp³-hybridized carbons (Fsp3) is 0.667. The highest BCUT2D eigenvalue weighted by molar-refractivity contribution is 5.93. The molecule has 0 aromatic carbocycles. The Labute approximate surface area is 91.7 Å². The van der Waals surface area contributed by atoms with Crippen LogP contribution in [0.2, 0.25) is 0 Å². The van der Waals surface area contributed by atoms with Crippen LogP contribution in [0.15, 0.2) is 11.1 Å². The van der Waals surface area contributed by atoms with Gasteiger partial charge < -0.3 is 4.74 Å². The summed E-state index contributed by atoms with van der Waals surface area (Å²) in [5.74, 6) is -0.475. The molecular weight excluding hydrogens is 190 g/mol. The van der Waals surface area contributed by atoms with Crippen LogP contribution in [-0.2, 0) is 9.53 Å². The summed E-state index contributed by atoms with van der Waals surface area (Å²) in [6, 6.07) is 1.96. The van der Waals surface area contributed by atoms with E-state index in [2.05, 4.69) is 0 Å². The lowest BCUT2D eigenvalue weighted by Gasteiger charge is -2.07. The first-order chi connectivity index (χ1) is 7.21. The van der Waals surface area contributed by atoms with Gasteiger partial charge in [-0.2, -0.15) is 5.26 Å². The minimum Gasteiger partial charge on any atom is -0.462 e. The first-order valence-corrected chi connectivity index (χ1v) is 5.50. The molecule has 15 heavy (non-hydrogen) atoms. The van der Waals surface area contributed by atoms with Crippen molar-refractivity contribution in [3.63, 3.8) is 0 Å². The van der Waals surface area contributed by atoms with Crippen LogP contribution in [-0.4, -0.2) is 12.6 Å². The van der Waals surface area contributed by atoms with Crippen molar-refractivity contribution >= 4 is 5.97 Å². The van der Waals surface area contributed by atoms with E-state index < -0.39 is 5.97 Å². The van der Waals surface area contributed by atoms with E-state index >= 15 is 0 Å². The number of hydrogen-bond donors (Lipinski definition) is 0. The topological polar surface area (TPSA) is 50.1 Å². The predicted molar refractivity (Wildman–Crippen MR) is 59.1 cm³/mol. The van der Waals surface area contributed by atoms with Crippen LogP contribution in [0.25, 0.3) is 0 Å². The molecule has 0 atom stereocenters. The van der Waals surface area contributed by atoms with E-state index in [-0.39, 0.29) is 5.57 Å². The second kappa shape index (κ2) is 8.05. The average Bonchev–Trinajstić information content (AvgIpc) is 2.20. The van der Waals surface area contributed by atoms with Gasteiger partial charge in [0.05, 0.1) is 6.61 Å². The van der Waals surface area contributed by atoms with Crippen molar-refractivity contribution in [3.8, 4) is 6.07 Å². The second-order valence-corrected chi connectivity index (χ2v) is 3.31. The maximum absolute atomic E-state index is 11.5. The number of carbonyl (C=O) groups is 1. The van der Waals surface area contributed by atoms with Crippen molar-refractivity contribution in [2.75, 3.05) is 6.61 Å². The third-order valence-electron chi connectivity index (χ3n) is 2.05. The summed E-state index contributed by atoms with van der Waals surface area (Å²) in [5.41, 5.74) is 1.14. The van der Waals surface area contributed by atoms with Gasteiger partial charge in [0.15, 0.2) is 0 Å². The Morgan fingerprint density at radius 3 is 2.07 bits per heavy atom. The monoisotopic (exact) mass is 209 g/mol. The zero-order chi connectivity index (χ0) is 11.7. The van der Waals surface area contributed by atoms with Gasteiger partial charge in [0, 0.05) is 0 Å². The van der Waals surface area contributed by atoms with E-state index in [9.17, 15) is 4.79 Å². The molecule has 3 heteroatoms. The average molecular weight is 209 g/mol. The molecule has 0 aliphatic heterocycles. The lowest BCUT2D eigenvalue weighted by molar-refractivity contribution is -0.138. The Kier molecular flexibility index (Phi) is 7.35. The minimum atomic E-state index is -0.475. The molecule has 0 aliphatic rings. The number of allylic oxidation sites excluding steroid dienone is 1. The highest BCUT2D eigenvalue weighted by atomic mass is 16.5. The minimum absolute atomic E-state index is 0.209. The fourth-order valence-electron chi connectivity index (χ4n) is 1.45. The molecule has 0 aromatic heterocycles. The van der Waals surface area contributed by atoms with Crippen molar-refractivity contribution in [2.45, 2.75) is 46.5 Å². The van der Waals surface area contributed by atoms with Crippen LogP contribution < -0.4 is 0 Å². The molecule has 3 nitrogen and oxygen atoms in total. The van der Waals surface area contributed by atoms with Gasteiger partial charge in [-0.15, -0.1) is 0 Å². The molecule has 0 bridgehead atoms. The molecule has 0 fully saturated rings. The maximum atomic E-state index is 11.5. The molecule has 0 saturated carbocycles. The van der Waals surface area contributed by atoms with Gasteiger partial charge in [0.25, 0.3) is 0 Å². The van der Waals surface area contributed by atoms with Gasteiger partial charge in [-0.05, 0) is 25.3 Å². The Bertz CT molecular complexity index is 266. The molecule has 0 aromatic rings. The van der Waals surface area contributed by atoms with Crippen LogP contribution in [0.1, 0.15) is 46.5 Å². The van der Waals surface area contributed by atoms with E-state index in [4.69, 9.17) is 10.00 Å². The van der Waals surface area contributed by atoms with Crippen LogP contribution in [0.4, 0.5) is 0 Å². The van der Waals surface area contributed by atoms with Crippen LogP contribution in [0, 0.1) is 11.3 Å². The highest BCUT2D eigenvalue weighted by Crippen LogP contribution is 2.17. The number of rotatable bonds is 6. The second-order valence-electron chi connectivity index (χ2n) is 3.31. The predicted octanol–water partition coefficient (Wildman–Crippen LogP) is 2.97. The van der Waals surface area contributed by atoms with E-state index in [0.29, 0.717) is 6.61 Å². The molecule has 0 spiro atoms. The van der Waals surface area contributed by atoms with Gasteiger partial charge in [-0.1, -0.05) is 26.7 Å². The summed E-state index contributed by atoms with van der Waals surface area (Å²) in [6.07, 6.45) is 3.49. The van der Waals surface area contributed by atoms with E-state index in [1.807, 2.05) is 19.9 Å². The molecule has 0 saturated heterocycles. The Morgan fingerprint density at radius 1 is 1.20 bits per heavy atom. The Morgan fingerprint density at radius 2 is 1.73 bits per heavy atom. The van der Waals surface area contributed by atoms with Crippen molar-refractivity contribution < 1.29 is 9.53 Å². The van der Waals surface area contributed by atoms with Crippen molar-refractivity contribution in [3.05, 3.63) is 11.1 Å². The molecule has 0 N–H and O–H groups in total. The summed E-state index contributed by atoms with van der Waals surface area (Å²) in [6.45, 7) is 6.13. The Hall–Kier alpha value is -1.30. The molecule has 0 amide bonds. The van der Waals surface area contributed by atoms with Crippen LogP contribution >= 0.6 is 0 Å². The molecule has 0 heterocycles. The van der Waals surface area contributed by atoms with Crippen molar-refractivity contribution in [1.29, 1.82) is 5.26 Å². The van der Waals surface area contributed by atoms with Gasteiger partial charge in [-0.3, -0.25) is 0 Å². The summed E-state index contributed by atoms with van der Waals surface area (Å²) in [7, 11) is 0. The number of ether oxygens (including phenoxy) is 1. The number of nitriles is 1. The molecule has 84 valence electrons. The lowest BCUT2D eigenvalue weighted by atomic mass is 10.00. The molecule has 0 radical (unpaired) electrons. The number of hydrogen-bond acceptors (Lipinski definition) is 3. The smallest absolute Gasteiger partial charge is 0.348 e. The largest absolute Gasteiger partial charge is 0.462 e. The standard InChI is InChI=1S/C12H19NO2/c1-4-7-10(8-5-2)11(9-13)12(14)15-6-3/h4-8H2,1-3H3. The third kappa shape index (κ3) is 4.64.